The Balaban J connectivity index is 2.27. The smallest absolute Gasteiger partial charge is 0.257 e. The average molecular weight is 419 g/mol. The van der Waals surface area contributed by atoms with E-state index in [0.717, 1.165) is 24.8 Å². The zero-order valence-corrected chi connectivity index (χ0v) is 17.8. The lowest BCUT2D eigenvalue weighted by atomic mass is 10.1. The first-order chi connectivity index (χ1) is 13.6. The number of nitrogens with one attached hydrogen (secondary N) is 1. The molecule has 0 aliphatic carbocycles. The van der Waals surface area contributed by atoms with E-state index in [1.54, 1.807) is 12.1 Å². The molecule has 0 aliphatic rings. The zero-order chi connectivity index (χ0) is 21.6. The lowest BCUT2D eigenvalue weighted by Gasteiger charge is -2.13. The number of carbonyl (C=O) groups excluding carboxylic acids is 1. The number of amides is 1. The van der Waals surface area contributed by atoms with Gasteiger partial charge < -0.3 is 15.4 Å². The minimum atomic E-state index is -3.64. The third kappa shape index (κ3) is 6.58. The molecule has 0 atom stereocenters. The van der Waals surface area contributed by atoms with Gasteiger partial charge in [-0.1, -0.05) is 12.1 Å². The first-order valence-corrected chi connectivity index (χ1v) is 10.8. The molecule has 0 bridgehead atoms. The van der Waals surface area contributed by atoms with E-state index in [4.69, 9.17) is 10.5 Å². The van der Waals surface area contributed by atoms with Gasteiger partial charge in [0.15, 0.2) is 15.8 Å². The molecule has 2 aromatic rings. The third-order valence-corrected chi connectivity index (χ3v) is 5.20. The maximum absolute atomic E-state index is 12.2. The van der Waals surface area contributed by atoms with Crippen LogP contribution in [0.4, 0.5) is 0 Å². The van der Waals surface area contributed by atoms with Crippen molar-refractivity contribution in [3.63, 3.8) is 0 Å². The molecule has 1 amide bonds. The molecule has 29 heavy (non-hydrogen) atoms. The number of ether oxygens (including phenoxy) is 1. The van der Waals surface area contributed by atoms with Gasteiger partial charge in [0, 0.05) is 25.4 Å². The van der Waals surface area contributed by atoms with Gasteiger partial charge in [0.05, 0.1) is 0 Å². The highest BCUT2D eigenvalue weighted by Gasteiger charge is 2.19. The molecule has 0 saturated carbocycles. The largest absolute Gasteiger partial charge is 0.456 e. The summed E-state index contributed by atoms with van der Waals surface area (Å²) < 4.78 is 30.3. The van der Waals surface area contributed by atoms with Crippen LogP contribution >= 0.6 is 0 Å². The fourth-order valence-corrected chi connectivity index (χ4v) is 3.29. The average Bonchev–Trinajstić information content (AvgIpc) is 2.66. The molecule has 0 fully saturated rings. The van der Waals surface area contributed by atoms with E-state index in [1.807, 2.05) is 26.2 Å². The second-order valence-electron chi connectivity index (χ2n) is 6.80. The summed E-state index contributed by atoms with van der Waals surface area (Å²) >= 11 is 0. The molecule has 3 N–H and O–H groups in total. The van der Waals surface area contributed by atoms with Crippen molar-refractivity contribution in [1.82, 2.24) is 10.2 Å². The fourth-order valence-electron chi connectivity index (χ4n) is 2.47. The number of hydrogen-bond acceptors (Lipinski definition) is 6. The number of hydrogen-bond donors (Lipinski definition) is 2. The molecule has 0 spiro atoms. The molecule has 0 saturated heterocycles. The number of nitrogens with two attached hydrogens (primary N) is 1. The highest BCUT2D eigenvalue weighted by Crippen LogP contribution is 2.30. The summed E-state index contributed by atoms with van der Waals surface area (Å²) in [7, 11) is 1.81. The standard InChI is InChI=1S/C20H26N4O4S/c1-22-20(21)23-19(25)15-7-10-17(18(13-15)29(4,26)27)28-16-8-5-14(6-9-16)11-12-24(2)3/h5-10,13H,11-12H2,1-4H3,(H3,21,22,23,25). The third-order valence-electron chi connectivity index (χ3n) is 4.09. The topological polar surface area (TPSA) is 114 Å². The molecular formula is C20H26N4O4S. The number of aliphatic imine (C=N–C) groups is 1. The molecule has 0 aromatic heterocycles. The SMILES string of the molecule is CN=C(N)NC(=O)c1ccc(Oc2ccc(CCN(C)C)cc2)c(S(C)(=O)=O)c1. The summed E-state index contributed by atoms with van der Waals surface area (Å²) in [5.74, 6) is 0.0191. The molecule has 2 rings (SSSR count). The predicted molar refractivity (Wildman–Crippen MR) is 113 cm³/mol. The number of rotatable bonds is 7. The molecule has 0 unspecified atom stereocenters. The maximum Gasteiger partial charge on any atom is 0.257 e. The van der Waals surface area contributed by atoms with E-state index in [2.05, 4.69) is 15.2 Å². The van der Waals surface area contributed by atoms with E-state index < -0.39 is 15.7 Å². The van der Waals surface area contributed by atoms with Crippen LogP contribution in [0.1, 0.15) is 15.9 Å². The van der Waals surface area contributed by atoms with Crippen LogP contribution in [-0.4, -0.2) is 59.1 Å². The lowest BCUT2D eigenvalue weighted by Crippen LogP contribution is -2.36. The van der Waals surface area contributed by atoms with E-state index in [1.165, 1.54) is 25.2 Å². The van der Waals surface area contributed by atoms with Crippen LogP contribution in [0.5, 0.6) is 11.5 Å². The Morgan fingerprint density at radius 1 is 1.17 bits per heavy atom. The van der Waals surface area contributed by atoms with Gasteiger partial charge in [-0.15, -0.1) is 0 Å². The van der Waals surface area contributed by atoms with E-state index in [0.29, 0.717) is 5.75 Å². The Labute approximate surface area is 171 Å². The van der Waals surface area contributed by atoms with Crippen LogP contribution in [-0.2, 0) is 16.3 Å². The van der Waals surface area contributed by atoms with Gasteiger partial charge in [-0.3, -0.25) is 15.1 Å². The molecule has 2 aromatic carbocycles. The van der Waals surface area contributed by atoms with Gasteiger partial charge in [-0.05, 0) is 56.4 Å². The Morgan fingerprint density at radius 3 is 2.38 bits per heavy atom. The van der Waals surface area contributed by atoms with Crippen LogP contribution in [0.25, 0.3) is 0 Å². The van der Waals surface area contributed by atoms with Gasteiger partial charge in [0.25, 0.3) is 5.91 Å². The second-order valence-corrected chi connectivity index (χ2v) is 8.78. The van der Waals surface area contributed by atoms with E-state index in [9.17, 15) is 13.2 Å². The number of guanidine groups is 1. The van der Waals surface area contributed by atoms with Gasteiger partial charge in [-0.2, -0.15) is 0 Å². The summed E-state index contributed by atoms with van der Waals surface area (Å²) in [6.45, 7) is 0.926. The van der Waals surface area contributed by atoms with Gasteiger partial charge in [0.2, 0.25) is 0 Å². The minimum Gasteiger partial charge on any atom is -0.456 e. The molecule has 0 heterocycles. The number of benzene rings is 2. The summed E-state index contributed by atoms with van der Waals surface area (Å²) in [5, 5.41) is 2.37. The number of nitrogens with zero attached hydrogens (tertiary/aromatic N) is 2. The molecular weight excluding hydrogens is 392 g/mol. The Kier molecular flexibility index (Phi) is 7.35. The van der Waals surface area contributed by atoms with Crippen LogP contribution in [0.2, 0.25) is 0 Å². The van der Waals surface area contributed by atoms with Crippen molar-refractivity contribution in [2.45, 2.75) is 11.3 Å². The normalized spacial score (nSPS) is 12.1. The molecule has 9 heteroatoms. The van der Waals surface area contributed by atoms with Crippen molar-refractivity contribution in [2.24, 2.45) is 10.7 Å². The molecule has 0 radical (unpaired) electrons. The van der Waals surface area contributed by atoms with Crippen LogP contribution < -0.4 is 15.8 Å². The van der Waals surface area contributed by atoms with Gasteiger partial charge >= 0.3 is 0 Å². The summed E-state index contributed by atoms with van der Waals surface area (Å²) in [4.78, 5) is 17.9. The van der Waals surface area contributed by atoms with E-state index >= 15 is 0 Å². The first kappa shape index (κ1) is 22.4. The first-order valence-electron chi connectivity index (χ1n) is 8.89. The molecule has 8 nitrogen and oxygen atoms in total. The summed E-state index contributed by atoms with van der Waals surface area (Å²) in [5.41, 5.74) is 6.77. The van der Waals surface area contributed by atoms with Crippen molar-refractivity contribution >= 4 is 21.7 Å². The highest BCUT2D eigenvalue weighted by atomic mass is 32.2. The highest BCUT2D eigenvalue weighted by molar-refractivity contribution is 7.90. The Bertz CT molecular complexity index is 1000. The van der Waals surface area contributed by atoms with E-state index in [-0.39, 0.29) is 22.2 Å². The van der Waals surface area contributed by atoms with Crippen molar-refractivity contribution in [2.75, 3.05) is 33.9 Å². The number of sulfone groups is 1. The monoisotopic (exact) mass is 418 g/mol. The molecule has 156 valence electrons. The summed E-state index contributed by atoms with van der Waals surface area (Å²) in [6.07, 6.45) is 1.96. The predicted octanol–water partition coefficient (Wildman–Crippen LogP) is 1.66. The van der Waals surface area contributed by atoms with Crippen molar-refractivity contribution in [3.8, 4) is 11.5 Å². The lowest BCUT2D eigenvalue weighted by molar-refractivity contribution is 0.0976. The van der Waals surface area contributed by atoms with Gasteiger partial charge in [-0.25, -0.2) is 8.42 Å². The quantitative estimate of drug-likeness (QED) is 0.522. The van der Waals surface area contributed by atoms with Crippen molar-refractivity contribution < 1.29 is 17.9 Å². The second kappa shape index (κ2) is 9.53. The summed E-state index contributed by atoms with van der Waals surface area (Å²) in [6, 6.07) is 11.6. The minimum absolute atomic E-state index is 0.0643. The van der Waals surface area contributed by atoms with Crippen LogP contribution in [0.15, 0.2) is 52.4 Å². The zero-order valence-electron chi connectivity index (χ0n) is 17.0. The van der Waals surface area contributed by atoms with Crippen LogP contribution in [0, 0.1) is 0 Å². The Hall–Kier alpha value is -2.91. The van der Waals surface area contributed by atoms with Crippen molar-refractivity contribution in [1.29, 1.82) is 0 Å². The molecule has 0 aliphatic heterocycles. The van der Waals surface area contributed by atoms with Gasteiger partial charge in [0.1, 0.15) is 16.4 Å². The van der Waals surface area contributed by atoms with Crippen molar-refractivity contribution in [3.05, 3.63) is 53.6 Å². The van der Waals surface area contributed by atoms with Crippen LogP contribution in [0.3, 0.4) is 0 Å². The number of carbonyl (C=O) groups is 1. The Morgan fingerprint density at radius 2 is 1.83 bits per heavy atom. The fraction of sp³-hybridized carbons (Fsp3) is 0.300. The maximum atomic E-state index is 12.2. The number of likely N-dealkylation sites (N-methyl/N-ethyl adjacent to an activating group) is 1.